The predicted molar refractivity (Wildman–Crippen MR) is 114 cm³/mol. The highest BCUT2D eigenvalue weighted by Crippen LogP contribution is 2.28. The molecule has 1 aromatic carbocycles. The number of nitrogens with zero attached hydrogens (tertiary/aromatic N) is 2. The molecule has 1 amide bonds. The number of nitrogens with one attached hydrogen (secondary N) is 1. The van der Waals surface area contributed by atoms with E-state index in [4.69, 9.17) is 14.7 Å². The van der Waals surface area contributed by atoms with Crippen LogP contribution in [0.2, 0.25) is 0 Å². The lowest BCUT2D eigenvalue weighted by atomic mass is 10.0. The van der Waals surface area contributed by atoms with Crippen molar-refractivity contribution < 1.29 is 28.6 Å². The van der Waals surface area contributed by atoms with Crippen LogP contribution >= 0.6 is 0 Å². The summed E-state index contributed by atoms with van der Waals surface area (Å²) >= 11 is 0. The Morgan fingerprint density at radius 1 is 1.36 bits per heavy atom. The van der Waals surface area contributed by atoms with Crippen molar-refractivity contribution in [1.82, 2.24) is 9.88 Å². The molecule has 1 aliphatic rings. The number of hydrogen-bond acceptors (Lipinski definition) is 7. The average molecular weight is 457 g/mol. The van der Waals surface area contributed by atoms with Crippen LogP contribution in [0.5, 0.6) is 5.75 Å². The van der Waals surface area contributed by atoms with Crippen molar-refractivity contribution in [3.8, 4) is 11.8 Å². The molecule has 2 aromatic rings. The zero-order valence-corrected chi connectivity index (χ0v) is 18.5. The predicted octanol–water partition coefficient (Wildman–Crippen LogP) is 1.76. The van der Waals surface area contributed by atoms with E-state index in [1.54, 1.807) is 26.8 Å². The summed E-state index contributed by atoms with van der Waals surface area (Å²) in [4.78, 5) is 37.9. The monoisotopic (exact) mass is 457 g/mol. The fourth-order valence-electron chi connectivity index (χ4n) is 3.51. The van der Waals surface area contributed by atoms with Gasteiger partial charge in [-0.15, -0.1) is 0 Å². The van der Waals surface area contributed by atoms with Crippen LogP contribution < -0.4 is 10.9 Å². The highest BCUT2D eigenvalue weighted by atomic mass is 19.1. The van der Waals surface area contributed by atoms with Crippen molar-refractivity contribution >= 4 is 11.9 Å². The molecule has 1 aliphatic heterocycles. The molecule has 0 atom stereocenters. The zero-order valence-electron chi connectivity index (χ0n) is 18.5. The molecule has 0 spiro atoms. The lowest BCUT2D eigenvalue weighted by Gasteiger charge is -2.24. The van der Waals surface area contributed by atoms with Gasteiger partial charge in [-0.3, -0.25) is 14.4 Å². The summed E-state index contributed by atoms with van der Waals surface area (Å²) in [5.41, 5.74) is -1.08. The van der Waals surface area contributed by atoms with Gasteiger partial charge in [0.15, 0.2) is 0 Å². The Balaban J connectivity index is 1.98. The quantitative estimate of drug-likeness (QED) is 0.654. The summed E-state index contributed by atoms with van der Waals surface area (Å²) in [6.07, 6.45) is 0.302. The molecule has 0 fully saturated rings. The molecule has 0 radical (unpaired) electrons. The largest absolute Gasteiger partial charge is 0.506 e. The molecule has 0 bridgehead atoms. The Hall–Kier alpha value is -3.71. The number of aromatic hydroxyl groups is 1. The summed E-state index contributed by atoms with van der Waals surface area (Å²) in [6, 6.07) is 5.69. The summed E-state index contributed by atoms with van der Waals surface area (Å²) < 4.78 is 25.9. The highest BCUT2D eigenvalue weighted by molar-refractivity contribution is 5.98. The standard InChI is InChI=1S/C23H24FN3O6/c1-23(2,3)33-18(28)10-26-21(30)19-20(29)15-12-32-7-6-17(15)27(22(19)31)11-13-4-5-14(9-25)16(24)8-13/h4-5,8,29H,6-7,10-12H2,1-3H3,(H,26,30). The number of amides is 1. The molecule has 1 aromatic heterocycles. The van der Waals surface area contributed by atoms with Gasteiger partial charge in [-0.2, -0.15) is 5.26 Å². The number of pyridine rings is 1. The molecule has 0 unspecified atom stereocenters. The maximum atomic E-state index is 14.1. The Labute approximate surface area is 189 Å². The second-order valence-corrected chi connectivity index (χ2v) is 8.54. The van der Waals surface area contributed by atoms with Crippen molar-refractivity contribution in [1.29, 1.82) is 5.26 Å². The van der Waals surface area contributed by atoms with Gasteiger partial charge in [-0.1, -0.05) is 6.07 Å². The normalized spacial score (nSPS) is 13.1. The number of benzene rings is 1. The minimum atomic E-state index is -0.948. The van der Waals surface area contributed by atoms with Gasteiger partial charge in [0.05, 0.1) is 25.3 Å². The molecule has 0 saturated heterocycles. The minimum Gasteiger partial charge on any atom is -0.506 e. The van der Waals surface area contributed by atoms with Crippen LogP contribution in [0.1, 0.15) is 53.5 Å². The van der Waals surface area contributed by atoms with Gasteiger partial charge in [0, 0.05) is 17.7 Å². The number of esters is 1. The van der Waals surface area contributed by atoms with Gasteiger partial charge >= 0.3 is 5.97 Å². The first kappa shape index (κ1) is 23.9. The van der Waals surface area contributed by atoms with Gasteiger partial charge in [0.1, 0.15) is 35.3 Å². The smallest absolute Gasteiger partial charge is 0.325 e. The molecule has 0 saturated carbocycles. The van der Waals surface area contributed by atoms with Crippen LogP contribution in [0.3, 0.4) is 0 Å². The van der Waals surface area contributed by atoms with Gasteiger partial charge in [-0.25, -0.2) is 4.39 Å². The van der Waals surface area contributed by atoms with Gasteiger partial charge in [-0.05, 0) is 38.5 Å². The minimum absolute atomic E-state index is 0.0183. The third-order valence-electron chi connectivity index (χ3n) is 4.92. The lowest BCUT2D eigenvalue weighted by Crippen LogP contribution is -2.39. The number of carbonyl (C=O) groups is 2. The Morgan fingerprint density at radius 2 is 2.09 bits per heavy atom. The van der Waals surface area contributed by atoms with Crippen LogP contribution in [0.25, 0.3) is 0 Å². The van der Waals surface area contributed by atoms with Crippen molar-refractivity contribution in [2.45, 2.75) is 45.9 Å². The second-order valence-electron chi connectivity index (χ2n) is 8.54. The molecule has 3 rings (SSSR count). The number of hydrogen-bond donors (Lipinski definition) is 2. The number of ether oxygens (including phenoxy) is 2. The summed E-state index contributed by atoms with van der Waals surface area (Å²) in [6.45, 7) is 4.72. The van der Waals surface area contributed by atoms with Crippen molar-refractivity contribution in [2.75, 3.05) is 13.2 Å². The Kier molecular flexibility index (Phi) is 6.84. The first-order valence-electron chi connectivity index (χ1n) is 10.3. The maximum Gasteiger partial charge on any atom is 0.325 e. The van der Waals surface area contributed by atoms with E-state index in [9.17, 15) is 23.9 Å². The van der Waals surface area contributed by atoms with Crippen LogP contribution in [-0.4, -0.2) is 40.3 Å². The van der Waals surface area contributed by atoms with Crippen LogP contribution in [0.15, 0.2) is 23.0 Å². The van der Waals surface area contributed by atoms with E-state index in [1.807, 2.05) is 0 Å². The van der Waals surface area contributed by atoms with E-state index >= 15 is 0 Å². The molecule has 2 N–H and O–H groups in total. The van der Waals surface area contributed by atoms with Gasteiger partial charge in [0.25, 0.3) is 11.5 Å². The van der Waals surface area contributed by atoms with E-state index < -0.39 is 46.7 Å². The van der Waals surface area contributed by atoms with E-state index in [-0.39, 0.29) is 24.3 Å². The number of carbonyl (C=O) groups excluding carboxylic acids is 2. The third kappa shape index (κ3) is 5.38. The first-order chi connectivity index (χ1) is 15.5. The number of halogens is 1. The maximum absolute atomic E-state index is 14.1. The molecular formula is C23H24FN3O6. The topological polar surface area (TPSA) is 131 Å². The van der Waals surface area contributed by atoms with E-state index in [0.717, 1.165) is 6.07 Å². The van der Waals surface area contributed by atoms with Crippen LogP contribution in [0.4, 0.5) is 4.39 Å². The molecule has 33 heavy (non-hydrogen) atoms. The summed E-state index contributed by atoms with van der Waals surface area (Å²) in [5.74, 6) is -2.89. The molecule has 0 aliphatic carbocycles. The highest BCUT2D eigenvalue weighted by Gasteiger charge is 2.28. The first-order valence-corrected chi connectivity index (χ1v) is 10.3. The number of fused-ring (bicyclic) bond motifs is 1. The zero-order chi connectivity index (χ0) is 24.3. The summed E-state index contributed by atoms with van der Waals surface area (Å²) in [7, 11) is 0. The van der Waals surface area contributed by atoms with Crippen LogP contribution in [0, 0.1) is 17.1 Å². The average Bonchev–Trinajstić information content (AvgIpc) is 2.74. The molecule has 174 valence electrons. The van der Waals surface area contributed by atoms with Gasteiger partial charge in [0.2, 0.25) is 0 Å². The number of aromatic nitrogens is 1. The SMILES string of the molecule is CC(C)(C)OC(=O)CNC(=O)c1c(O)c2c(n(Cc3ccc(C#N)c(F)c3)c1=O)CCOC2. The molecular weight excluding hydrogens is 433 g/mol. The molecule has 2 heterocycles. The number of nitriles is 1. The molecule has 9 nitrogen and oxygen atoms in total. The summed E-state index contributed by atoms with van der Waals surface area (Å²) in [5, 5.41) is 21.9. The fraction of sp³-hybridized carbons (Fsp3) is 0.391. The van der Waals surface area contributed by atoms with E-state index in [2.05, 4.69) is 5.32 Å². The fourth-order valence-corrected chi connectivity index (χ4v) is 3.51. The second kappa shape index (κ2) is 9.42. The van der Waals surface area contributed by atoms with E-state index in [0.29, 0.717) is 24.3 Å². The number of rotatable bonds is 5. The van der Waals surface area contributed by atoms with Crippen molar-refractivity contribution in [3.05, 3.63) is 62.3 Å². The van der Waals surface area contributed by atoms with Crippen molar-refractivity contribution in [2.24, 2.45) is 0 Å². The van der Waals surface area contributed by atoms with E-state index in [1.165, 1.54) is 16.7 Å². The third-order valence-corrected chi connectivity index (χ3v) is 4.92. The Morgan fingerprint density at radius 3 is 2.73 bits per heavy atom. The van der Waals surface area contributed by atoms with Gasteiger partial charge < -0.3 is 24.5 Å². The lowest BCUT2D eigenvalue weighted by molar-refractivity contribution is -0.153. The molecule has 10 heteroatoms. The Bertz CT molecular complexity index is 1210. The van der Waals surface area contributed by atoms with Crippen LogP contribution in [-0.2, 0) is 33.8 Å². The van der Waals surface area contributed by atoms with Crippen molar-refractivity contribution in [3.63, 3.8) is 0 Å².